The number of hydrogen-bond acceptors (Lipinski definition) is 3. The molecule has 0 bridgehead atoms. The van der Waals surface area contributed by atoms with Crippen LogP contribution in [0.1, 0.15) is 53.9 Å². The van der Waals surface area contributed by atoms with Crippen LogP contribution in [0.3, 0.4) is 0 Å². The summed E-state index contributed by atoms with van der Waals surface area (Å²) >= 11 is 3.73. The number of hydrogen-bond donors (Lipinski definition) is 0. The van der Waals surface area contributed by atoms with Crippen LogP contribution in [0.2, 0.25) is 0 Å². The normalized spacial score (nSPS) is 26.6. The van der Waals surface area contributed by atoms with Gasteiger partial charge in [-0.1, -0.05) is 22.0 Å². The van der Waals surface area contributed by atoms with Gasteiger partial charge in [0, 0.05) is 22.7 Å². The van der Waals surface area contributed by atoms with Gasteiger partial charge < -0.3 is 14.2 Å². The van der Waals surface area contributed by atoms with Crippen LogP contribution in [0.25, 0.3) is 0 Å². The van der Waals surface area contributed by atoms with Crippen molar-refractivity contribution in [2.24, 2.45) is 0 Å². The van der Waals surface area contributed by atoms with Crippen LogP contribution >= 0.6 is 15.9 Å². The second-order valence-corrected chi connectivity index (χ2v) is 8.69. The number of rotatable bonds is 2. The summed E-state index contributed by atoms with van der Waals surface area (Å²) in [6.45, 7) is 11.8. The molecule has 0 saturated carbocycles. The fraction of sp³-hybridized carbons (Fsp3) is 0.667. The summed E-state index contributed by atoms with van der Waals surface area (Å²) in [4.78, 5) is 2.50. The molecule has 2 heterocycles. The fourth-order valence-electron chi connectivity index (χ4n) is 3.34. The summed E-state index contributed by atoms with van der Waals surface area (Å²) < 4.78 is 13.4. The maximum absolute atomic E-state index is 6.17. The van der Waals surface area contributed by atoms with Gasteiger partial charge in [0.2, 0.25) is 0 Å². The summed E-state index contributed by atoms with van der Waals surface area (Å²) in [6.07, 6.45) is 3.89. The van der Waals surface area contributed by atoms with Crippen LogP contribution in [0.15, 0.2) is 22.7 Å². The first-order valence-electron chi connectivity index (χ1n) is 8.63. The van der Waals surface area contributed by atoms with Gasteiger partial charge in [0.25, 0.3) is 0 Å². The third kappa shape index (κ3) is 3.20. The molecule has 126 valence electrons. The molecule has 1 aromatic carbocycles. The summed E-state index contributed by atoms with van der Waals surface area (Å²) in [6, 6.07) is 7.16. The Morgan fingerprint density at radius 2 is 1.78 bits per heavy atom. The molecule has 3 rings (SSSR count). The molecule has 2 fully saturated rings. The van der Waals surface area contributed by atoms with Crippen molar-refractivity contribution >= 4 is 34.2 Å². The zero-order valence-corrected chi connectivity index (χ0v) is 16.4. The predicted molar refractivity (Wildman–Crippen MR) is 101 cm³/mol. The molecule has 0 aromatic heterocycles. The number of piperidine rings is 1. The Hall–Kier alpha value is -0.515. The van der Waals surface area contributed by atoms with Crippen molar-refractivity contribution in [3.63, 3.8) is 0 Å². The Bertz CT molecular complexity index is 574. The molecule has 5 heteroatoms. The summed E-state index contributed by atoms with van der Waals surface area (Å²) in [5, 5.41) is 0. The molecule has 1 atom stereocenters. The van der Waals surface area contributed by atoms with E-state index >= 15 is 0 Å². The van der Waals surface area contributed by atoms with E-state index in [1.807, 2.05) is 0 Å². The van der Waals surface area contributed by atoms with E-state index in [1.165, 1.54) is 24.9 Å². The molecule has 2 saturated heterocycles. The van der Waals surface area contributed by atoms with Crippen molar-refractivity contribution in [1.29, 1.82) is 0 Å². The highest BCUT2D eigenvalue weighted by Gasteiger charge is 2.52. The van der Waals surface area contributed by atoms with E-state index in [1.54, 1.807) is 0 Å². The van der Waals surface area contributed by atoms with Gasteiger partial charge in [0.05, 0.1) is 11.2 Å². The molecule has 0 radical (unpaired) electrons. The van der Waals surface area contributed by atoms with E-state index in [-0.39, 0.29) is 18.3 Å². The molecule has 1 aromatic rings. The highest BCUT2D eigenvalue weighted by Crippen LogP contribution is 2.37. The monoisotopic (exact) mass is 379 g/mol. The highest BCUT2D eigenvalue weighted by molar-refractivity contribution is 9.10. The first kappa shape index (κ1) is 17.3. The lowest BCUT2D eigenvalue weighted by molar-refractivity contribution is 0.00578. The Morgan fingerprint density at radius 3 is 2.35 bits per heavy atom. The van der Waals surface area contributed by atoms with Crippen LogP contribution < -0.4 is 10.4 Å². The summed E-state index contributed by atoms with van der Waals surface area (Å²) in [5.74, 6) is 0. The number of benzene rings is 1. The van der Waals surface area contributed by atoms with Gasteiger partial charge in [-0.15, -0.1) is 0 Å². The van der Waals surface area contributed by atoms with Crippen molar-refractivity contribution in [2.45, 2.75) is 71.1 Å². The maximum atomic E-state index is 6.17. The molecule has 0 aliphatic carbocycles. The average Bonchev–Trinajstić information content (AvgIpc) is 2.67. The largest absolute Gasteiger partial charge is 0.495 e. The predicted octanol–water partition coefficient (Wildman–Crippen LogP) is 4.13. The topological polar surface area (TPSA) is 21.7 Å². The van der Waals surface area contributed by atoms with Crippen molar-refractivity contribution in [1.82, 2.24) is 0 Å². The van der Waals surface area contributed by atoms with Crippen molar-refractivity contribution in [2.75, 3.05) is 11.4 Å². The molecular weight excluding hydrogens is 353 g/mol. The van der Waals surface area contributed by atoms with Gasteiger partial charge in [-0.2, -0.15) is 0 Å². The third-order valence-corrected chi connectivity index (χ3v) is 6.31. The summed E-state index contributed by atoms with van der Waals surface area (Å²) in [7, 11) is -0.317. The van der Waals surface area contributed by atoms with E-state index in [0.29, 0.717) is 6.04 Å². The van der Waals surface area contributed by atoms with Gasteiger partial charge in [0.15, 0.2) is 0 Å². The van der Waals surface area contributed by atoms with Crippen molar-refractivity contribution in [3.05, 3.63) is 22.7 Å². The molecule has 0 amide bonds. The zero-order valence-electron chi connectivity index (χ0n) is 14.9. The van der Waals surface area contributed by atoms with E-state index < -0.39 is 0 Å². The summed E-state index contributed by atoms with van der Waals surface area (Å²) in [5.41, 5.74) is 1.73. The van der Waals surface area contributed by atoms with E-state index in [9.17, 15) is 0 Å². The first-order chi connectivity index (χ1) is 10.7. The molecule has 3 nitrogen and oxygen atoms in total. The van der Waals surface area contributed by atoms with E-state index in [2.05, 4.69) is 73.6 Å². The number of halogens is 1. The minimum atomic E-state index is -0.317. The molecule has 0 spiro atoms. The van der Waals surface area contributed by atoms with Gasteiger partial charge in [-0.05, 0) is 71.5 Å². The van der Waals surface area contributed by atoms with Gasteiger partial charge >= 0.3 is 7.12 Å². The fourth-order valence-corrected chi connectivity index (χ4v) is 3.89. The van der Waals surface area contributed by atoms with Gasteiger partial charge in [0.1, 0.15) is 0 Å². The SMILES string of the molecule is CC1CCCCN1c1ccc(B2OC(C)(C)C(C)(C)O2)c(Br)c1. The van der Waals surface area contributed by atoms with Crippen LogP contribution in [0, 0.1) is 0 Å². The third-order valence-electron chi connectivity index (χ3n) is 5.63. The molecular formula is C18H27BBrNO2. The molecule has 2 aliphatic heterocycles. The smallest absolute Gasteiger partial charge is 0.399 e. The molecule has 0 N–H and O–H groups in total. The first-order valence-corrected chi connectivity index (χ1v) is 9.42. The number of nitrogens with zero attached hydrogens (tertiary/aromatic N) is 1. The Kier molecular flexibility index (Phi) is 4.58. The lowest BCUT2D eigenvalue weighted by Gasteiger charge is -2.35. The van der Waals surface area contributed by atoms with Gasteiger partial charge in [-0.25, -0.2) is 0 Å². The van der Waals surface area contributed by atoms with E-state index in [0.717, 1.165) is 16.5 Å². The van der Waals surface area contributed by atoms with E-state index in [4.69, 9.17) is 9.31 Å². The van der Waals surface area contributed by atoms with Crippen molar-refractivity contribution in [3.8, 4) is 0 Å². The Balaban J connectivity index is 1.83. The standard InChI is InChI=1S/C18H27BBrNO2/c1-13-8-6-7-11-21(13)14-9-10-15(16(20)12-14)19-22-17(2,3)18(4,5)23-19/h9-10,12-13H,6-8,11H2,1-5H3. The van der Waals surface area contributed by atoms with Crippen LogP contribution in [-0.2, 0) is 9.31 Å². The second kappa shape index (κ2) is 6.09. The Labute approximate surface area is 149 Å². The number of anilines is 1. The highest BCUT2D eigenvalue weighted by atomic mass is 79.9. The molecule has 2 aliphatic rings. The average molecular weight is 380 g/mol. The quantitative estimate of drug-likeness (QED) is 0.721. The maximum Gasteiger partial charge on any atom is 0.495 e. The molecule has 23 heavy (non-hydrogen) atoms. The van der Waals surface area contributed by atoms with Crippen molar-refractivity contribution < 1.29 is 9.31 Å². The van der Waals surface area contributed by atoms with Crippen LogP contribution in [-0.4, -0.2) is 30.9 Å². The minimum absolute atomic E-state index is 0.308. The lowest BCUT2D eigenvalue weighted by Crippen LogP contribution is -2.41. The van der Waals surface area contributed by atoms with Gasteiger partial charge in [-0.3, -0.25) is 0 Å². The van der Waals surface area contributed by atoms with Crippen LogP contribution in [0.4, 0.5) is 5.69 Å². The van der Waals surface area contributed by atoms with Crippen LogP contribution in [0.5, 0.6) is 0 Å². The Morgan fingerprint density at radius 1 is 1.13 bits per heavy atom. The minimum Gasteiger partial charge on any atom is -0.399 e. The second-order valence-electron chi connectivity index (χ2n) is 7.83. The molecule has 1 unspecified atom stereocenters. The lowest BCUT2D eigenvalue weighted by atomic mass is 9.79. The zero-order chi connectivity index (χ0) is 16.8.